The number of nitrogens with one attached hydrogen (secondary N) is 1. The molecule has 0 aliphatic carbocycles. The Morgan fingerprint density at radius 3 is 2.50 bits per heavy atom. The zero-order valence-electron chi connectivity index (χ0n) is 15.1. The van der Waals surface area contributed by atoms with Gasteiger partial charge in [-0.1, -0.05) is 35.3 Å². The lowest BCUT2D eigenvalue weighted by Gasteiger charge is -2.18. The zero-order valence-corrected chi connectivity index (χ0v) is 16.6. The first-order chi connectivity index (χ1) is 13.3. The third-order valence-corrected chi connectivity index (χ3v) is 4.70. The van der Waals surface area contributed by atoms with Gasteiger partial charge in [0.05, 0.1) is 17.9 Å². The molecule has 2 aromatic carbocycles. The molecular weight excluding hydrogens is 403 g/mol. The molecule has 144 valence electrons. The summed E-state index contributed by atoms with van der Waals surface area (Å²) in [4.78, 5) is 38.7. The SMILES string of the molecule is CCOC(=O)c1ccccc1N1C(=O)C(Cl)=C(Nc2ccc(Cl)cc2C)C1=O. The topological polar surface area (TPSA) is 75.7 Å². The highest BCUT2D eigenvalue weighted by molar-refractivity contribution is 6.53. The first-order valence-electron chi connectivity index (χ1n) is 8.43. The number of para-hydroxylation sites is 1. The molecule has 0 unspecified atom stereocenters. The highest BCUT2D eigenvalue weighted by Gasteiger charge is 2.40. The van der Waals surface area contributed by atoms with E-state index in [1.54, 1.807) is 44.2 Å². The highest BCUT2D eigenvalue weighted by atomic mass is 35.5. The number of carbonyl (C=O) groups is 3. The van der Waals surface area contributed by atoms with Crippen LogP contribution < -0.4 is 10.2 Å². The number of halogens is 2. The summed E-state index contributed by atoms with van der Waals surface area (Å²) in [7, 11) is 0. The third kappa shape index (κ3) is 3.61. The highest BCUT2D eigenvalue weighted by Crippen LogP contribution is 2.33. The molecule has 0 aromatic heterocycles. The number of anilines is 2. The Kier molecular flexibility index (Phi) is 5.72. The predicted octanol–water partition coefficient (Wildman–Crippen LogP) is 4.26. The van der Waals surface area contributed by atoms with Gasteiger partial charge in [0.25, 0.3) is 11.8 Å². The molecule has 1 N–H and O–H groups in total. The van der Waals surface area contributed by atoms with Gasteiger partial charge in [-0.25, -0.2) is 9.69 Å². The number of carbonyl (C=O) groups excluding carboxylic acids is 3. The normalized spacial score (nSPS) is 13.9. The van der Waals surface area contributed by atoms with Gasteiger partial charge >= 0.3 is 5.97 Å². The number of nitrogens with zero attached hydrogens (tertiary/aromatic N) is 1. The molecule has 0 saturated heterocycles. The van der Waals surface area contributed by atoms with Crippen molar-refractivity contribution in [2.45, 2.75) is 13.8 Å². The second kappa shape index (κ2) is 8.04. The van der Waals surface area contributed by atoms with Crippen molar-refractivity contribution < 1.29 is 19.1 Å². The maximum Gasteiger partial charge on any atom is 0.340 e. The molecule has 0 fully saturated rings. The summed E-state index contributed by atoms with van der Waals surface area (Å²) in [6.45, 7) is 3.63. The molecule has 8 heteroatoms. The van der Waals surface area contributed by atoms with Gasteiger partial charge in [0.15, 0.2) is 0 Å². The number of aryl methyl sites for hydroxylation is 1. The molecule has 1 aliphatic heterocycles. The Hall–Kier alpha value is -2.83. The number of hydrogen-bond acceptors (Lipinski definition) is 5. The van der Waals surface area contributed by atoms with E-state index in [9.17, 15) is 14.4 Å². The number of benzene rings is 2. The average Bonchev–Trinajstić information content (AvgIpc) is 2.87. The van der Waals surface area contributed by atoms with Gasteiger partial charge in [-0.3, -0.25) is 9.59 Å². The lowest BCUT2D eigenvalue weighted by molar-refractivity contribution is -0.120. The van der Waals surface area contributed by atoms with Crippen LogP contribution in [-0.2, 0) is 14.3 Å². The van der Waals surface area contributed by atoms with Gasteiger partial charge in [-0.15, -0.1) is 0 Å². The second-order valence-corrected chi connectivity index (χ2v) is 6.77. The minimum absolute atomic E-state index is 0.0734. The van der Waals surface area contributed by atoms with Crippen molar-refractivity contribution in [1.82, 2.24) is 0 Å². The molecule has 0 bridgehead atoms. The van der Waals surface area contributed by atoms with E-state index < -0.39 is 17.8 Å². The number of ether oxygens (including phenoxy) is 1. The van der Waals surface area contributed by atoms with E-state index in [4.69, 9.17) is 27.9 Å². The molecule has 1 heterocycles. The van der Waals surface area contributed by atoms with Crippen LogP contribution in [0, 0.1) is 6.92 Å². The first-order valence-corrected chi connectivity index (χ1v) is 9.18. The van der Waals surface area contributed by atoms with Crippen molar-refractivity contribution in [3.05, 3.63) is 69.3 Å². The van der Waals surface area contributed by atoms with E-state index in [2.05, 4.69) is 5.32 Å². The molecule has 0 spiro atoms. The van der Waals surface area contributed by atoms with E-state index in [0.29, 0.717) is 10.7 Å². The van der Waals surface area contributed by atoms with Crippen molar-refractivity contribution in [3.63, 3.8) is 0 Å². The zero-order chi connectivity index (χ0) is 20.4. The largest absolute Gasteiger partial charge is 0.462 e. The monoisotopic (exact) mass is 418 g/mol. The predicted molar refractivity (Wildman–Crippen MR) is 108 cm³/mol. The molecule has 28 heavy (non-hydrogen) atoms. The van der Waals surface area contributed by atoms with E-state index in [0.717, 1.165) is 10.5 Å². The number of rotatable bonds is 5. The Morgan fingerprint density at radius 2 is 1.82 bits per heavy atom. The standard InChI is InChI=1S/C20H16Cl2N2O4/c1-3-28-20(27)13-6-4-5-7-15(13)24-18(25)16(22)17(19(24)26)23-14-9-8-12(21)10-11(14)2/h4-10,23H,3H2,1-2H3. The summed E-state index contributed by atoms with van der Waals surface area (Å²) >= 11 is 12.1. The van der Waals surface area contributed by atoms with Crippen molar-refractivity contribution >= 4 is 52.4 Å². The lowest BCUT2D eigenvalue weighted by Crippen LogP contribution is -2.33. The molecule has 0 saturated carbocycles. The van der Waals surface area contributed by atoms with Gasteiger partial charge < -0.3 is 10.1 Å². The fraction of sp³-hybridized carbons (Fsp3) is 0.150. The fourth-order valence-electron chi connectivity index (χ4n) is 2.78. The van der Waals surface area contributed by atoms with Gasteiger partial charge in [0.2, 0.25) is 0 Å². The van der Waals surface area contributed by atoms with Crippen molar-refractivity contribution in [2.75, 3.05) is 16.8 Å². The molecule has 0 atom stereocenters. The van der Waals surface area contributed by atoms with Crippen LogP contribution in [0.1, 0.15) is 22.8 Å². The van der Waals surface area contributed by atoms with E-state index in [-0.39, 0.29) is 28.6 Å². The minimum Gasteiger partial charge on any atom is -0.462 e. The van der Waals surface area contributed by atoms with E-state index in [1.165, 1.54) is 12.1 Å². The lowest BCUT2D eigenvalue weighted by atomic mass is 10.1. The van der Waals surface area contributed by atoms with Crippen LogP contribution in [0.3, 0.4) is 0 Å². The Labute approximate surface area is 171 Å². The summed E-state index contributed by atoms with van der Waals surface area (Å²) in [5, 5.41) is 3.18. The average molecular weight is 419 g/mol. The minimum atomic E-state index is -0.725. The summed E-state index contributed by atoms with van der Waals surface area (Å²) in [6.07, 6.45) is 0. The van der Waals surface area contributed by atoms with Gasteiger partial charge in [-0.05, 0) is 49.7 Å². The number of hydrogen-bond donors (Lipinski definition) is 1. The van der Waals surface area contributed by atoms with Gasteiger partial charge in [0, 0.05) is 10.7 Å². The maximum absolute atomic E-state index is 13.0. The van der Waals surface area contributed by atoms with Crippen LogP contribution in [0.5, 0.6) is 0 Å². The number of esters is 1. The van der Waals surface area contributed by atoms with Crippen LogP contribution in [0.2, 0.25) is 5.02 Å². The maximum atomic E-state index is 13.0. The molecule has 2 amide bonds. The number of amides is 2. The molecule has 3 rings (SSSR count). The molecule has 0 radical (unpaired) electrons. The third-order valence-electron chi connectivity index (χ3n) is 4.12. The molecule has 6 nitrogen and oxygen atoms in total. The Morgan fingerprint density at radius 1 is 1.11 bits per heavy atom. The van der Waals surface area contributed by atoms with Crippen molar-refractivity contribution in [2.24, 2.45) is 0 Å². The van der Waals surface area contributed by atoms with Gasteiger partial charge in [0.1, 0.15) is 10.7 Å². The smallest absolute Gasteiger partial charge is 0.340 e. The van der Waals surface area contributed by atoms with Gasteiger partial charge in [-0.2, -0.15) is 0 Å². The molecule has 2 aromatic rings. The number of imide groups is 1. The summed E-state index contributed by atoms with van der Waals surface area (Å²) in [6, 6.07) is 11.3. The summed E-state index contributed by atoms with van der Waals surface area (Å²) < 4.78 is 5.01. The molecule has 1 aliphatic rings. The fourth-order valence-corrected chi connectivity index (χ4v) is 3.22. The van der Waals surface area contributed by atoms with Crippen LogP contribution in [0.15, 0.2) is 53.2 Å². The molecular formula is C20H16Cl2N2O4. The first kappa shape index (κ1) is 19.9. The van der Waals surface area contributed by atoms with Crippen LogP contribution in [-0.4, -0.2) is 24.4 Å². The van der Waals surface area contributed by atoms with Crippen LogP contribution in [0.25, 0.3) is 0 Å². The second-order valence-electron chi connectivity index (χ2n) is 5.96. The van der Waals surface area contributed by atoms with Crippen LogP contribution in [0.4, 0.5) is 11.4 Å². The quantitative estimate of drug-likeness (QED) is 0.579. The van der Waals surface area contributed by atoms with E-state index >= 15 is 0 Å². The summed E-state index contributed by atoms with van der Waals surface area (Å²) in [5.41, 5.74) is 1.49. The Bertz CT molecular complexity index is 1020. The van der Waals surface area contributed by atoms with Crippen LogP contribution >= 0.6 is 23.2 Å². The van der Waals surface area contributed by atoms with Crippen molar-refractivity contribution in [3.8, 4) is 0 Å². The van der Waals surface area contributed by atoms with E-state index in [1.807, 2.05) is 0 Å². The Balaban J connectivity index is 1.97. The summed E-state index contributed by atoms with van der Waals surface area (Å²) in [5.74, 6) is -2.02. The van der Waals surface area contributed by atoms with Crippen molar-refractivity contribution in [1.29, 1.82) is 0 Å².